The van der Waals surface area contributed by atoms with E-state index < -0.39 is 5.41 Å². The van der Waals surface area contributed by atoms with E-state index in [2.05, 4.69) is 25.2 Å². The standard InChI is InChI=1S/C25H36O4/c1-23(2,3)22(27)29-21-11-10-19-18-9-8-17-7-5-6-13-25(17,15-28-16-26)20(18)12-14-24(19,21)4/h5,7,9,16-17,19-21H,6,8,10-15H2,1-4H3/t17-,19-,20-,21-,24-,25+/m0/s1. The molecule has 0 heterocycles. The van der Waals surface area contributed by atoms with Gasteiger partial charge in [-0.1, -0.05) is 30.7 Å². The van der Waals surface area contributed by atoms with Gasteiger partial charge in [0.05, 0.1) is 12.0 Å². The fourth-order valence-electron chi connectivity index (χ4n) is 6.82. The average Bonchev–Trinajstić information content (AvgIpc) is 3.01. The normalized spacial score (nSPS) is 40.9. The van der Waals surface area contributed by atoms with Crippen molar-refractivity contribution in [2.24, 2.45) is 34.0 Å². The molecule has 0 aromatic carbocycles. The van der Waals surface area contributed by atoms with E-state index in [9.17, 15) is 9.59 Å². The van der Waals surface area contributed by atoms with Crippen molar-refractivity contribution in [3.63, 3.8) is 0 Å². The number of carbonyl (C=O) groups excluding carboxylic acids is 2. The Morgan fingerprint density at radius 1 is 1.21 bits per heavy atom. The zero-order valence-corrected chi connectivity index (χ0v) is 18.4. The molecular formula is C25H36O4. The van der Waals surface area contributed by atoms with Crippen LogP contribution in [0.2, 0.25) is 0 Å². The molecule has 29 heavy (non-hydrogen) atoms. The van der Waals surface area contributed by atoms with Crippen LogP contribution in [0.3, 0.4) is 0 Å². The summed E-state index contributed by atoms with van der Waals surface area (Å²) in [5.41, 5.74) is 1.16. The van der Waals surface area contributed by atoms with Crippen molar-refractivity contribution in [1.29, 1.82) is 0 Å². The number of carbonyl (C=O) groups is 2. The number of esters is 1. The van der Waals surface area contributed by atoms with Crippen LogP contribution in [0.4, 0.5) is 0 Å². The second-order valence-electron chi connectivity index (χ2n) is 11.0. The van der Waals surface area contributed by atoms with Crippen molar-refractivity contribution in [2.45, 2.75) is 78.7 Å². The Balaban J connectivity index is 1.61. The number of hydrogen-bond donors (Lipinski definition) is 0. The molecule has 2 fully saturated rings. The van der Waals surface area contributed by atoms with Crippen LogP contribution in [-0.4, -0.2) is 25.2 Å². The summed E-state index contributed by atoms with van der Waals surface area (Å²) in [5.74, 6) is 1.32. The molecule has 0 aromatic heterocycles. The minimum absolute atomic E-state index is 0.00669. The molecule has 0 N–H and O–H groups in total. The minimum atomic E-state index is -0.465. The number of ether oxygens (including phenoxy) is 2. The quantitative estimate of drug-likeness (QED) is 0.368. The van der Waals surface area contributed by atoms with Gasteiger partial charge in [0.2, 0.25) is 0 Å². The van der Waals surface area contributed by atoms with E-state index in [0.29, 0.717) is 30.8 Å². The highest BCUT2D eigenvalue weighted by atomic mass is 16.5. The predicted molar refractivity (Wildman–Crippen MR) is 112 cm³/mol. The van der Waals surface area contributed by atoms with E-state index in [4.69, 9.17) is 9.47 Å². The van der Waals surface area contributed by atoms with Crippen molar-refractivity contribution < 1.29 is 19.1 Å². The fourth-order valence-corrected chi connectivity index (χ4v) is 6.82. The summed E-state index contributed by atoms with van der Waals surface area (Å²) in [6, 6.07) is 0. The molecule has 4 aliphatic carbocycles. The Morgan fingerprint density at radius 2 is 2.00 bits per heavy atom. The van der Waals surface area contributed by atoms with E-state index >= 15 is 0 Å². The summed E-state index contributed by atoms with van der Waals surface area (Å²) in [5, 5.41) is 0. The van der Waals surface area contributed by atoms with E-state index in [-0.39, 0.29) is 22.9 Å². The first-order valence-electron chi connectivity index (χ1n) is 11.4. The first kappa shape index (κ1) is 20.7. The molecule has 0 saturated heterocycles. The molecule has 0 amide bonds. The van der Waals surface area contributed by atoms with Crippen LogP contribution in [0.15, 0.2) is 23.8 Å². The summed E-state index contributed by atoms with van der Waals surface area (Å²) in [7, 11) is 0. The van der Waals surface area contributed by atoms with Crippen LogP contribution in [0, 0.1) is 34.0 Å². The molecule has 160 valence electrons. The predicted octanol–water partition coefficient (Wildman–Crippen LogP) is 5.23. The fraction of sp³-hybridized carbons (Fsp3) is 0.760. The van der Waals surface area contributed by atoms with Crippen LogP contribution in [0.25, 0.3) is 0 Å². The molecular weight excluding hydrogens is 364 g/mol. The Hall–Kier alpha value is -1.58. The third kappa shape index (κ3) is 3.27. The zero-order chi connectivity index (χ0) is 20.9. The first-order chi connectivity index (χ1) is 13.7. The monoisotopic (exact) mass is 400 g/mol. The average molecular weight is 401 g/mol. The molecule has 4 nitrogen and oxygen atoms in total. The van der Waals surface area contributed by atoms with Gasteiger partial charge in [-0.2, -0.15) is 0 Å². The Labute approximate surface area is 175 Å². The highest BCUT2D eigenvalue weighted by Crippen LogP contribution is 2.64. The van der Waals surface area contributed by atoms with E-state index in [1.54, 1.807) is 5.57 Å². The van der Waals surface area contributed by atoms with Crippen LogP contribution < -0.4 is 0 Å². The van der Waals surface area contributed by atoms with Gasteiger partial charge in [-0.15, -0.1) is 0 Å². The highest BCUT2D eigenvalue weighted by molar-refractivity contribution is 5.75. The summed E-state index contributed by atoms with van der Waals surface area (Å²) in [6.45, 7) is 9.27. The van der Waals surface area contributed by atoms with Gasteiger partial charge < -0.3 is 9.47 Å². The molecule has 0 unspecified atom stereocenters. The summed E-state index contributed by atoms with van der Waals surface area (Å²) < 4.78 is 11.5. The second-order valence-corrected chi connectivity index (χ2v) is 11.0. The van der Waals surface area contributed by atoms with E-state index in [0.717, 1.165) is 44.9 Å². The van der Waals surface area contributed by atoms with Gasteiger partial charge in [0, 0.05) is 10.8 Å². The SMILES string of the molecule is CC(C)(C)C(=O)O[C@H]1CC[C@H]2C3=CC[C@@H]4C=CCC[C@]4(COC=O)[C@H]3CC[C@]12C. The van der Waals surface area contributed by atoms with Crippen LogP contribution in [0.5, 0.6) is 0 Å². The van der Waals surface area contributed by atoms with Crippen molar-refractivity contribution >= 4 is 12.4 Å². The molecule has 2 saturated carbocycles. The molecule has 4 aliphatic rings. The molecule has 0 radical (unpaired) electrons. The van der Waals surface area contributed by atoms with Gasteiger partial charge >= 0.3 is 5.97 Å². The van der Waals surface area contributed by atoms with Gasteiger partial charge in [0.25, 0.3) is 6.47 Å². The van der Waals surface area contributed by atoms with Crippen LogP contribution in [-0.2, 0) is 19.1 Å². The van der Waals surface area contributed by atoms with Gasteiger partial charge in [0.15, 0.2) is 0 Å². The molecule has 6 atom stereocenters. The summed E-state index contributed by atoms with van der Waals surface area (Å²) in [4.78, 5) is 23.6. The lowest BCUT2D eigenvalue weighted by Crippen LogP contribution is -2.51. The molecule has 0 aliphatic heterocycles. The van der Waals surface area contributed by atoms with E-state index in [1.807, 2.05) is 20.8 Å². The Morgan fingerprint density at radius 3 is 2.72 bits per heavy atom. The molecule has 0 aromatic rings. The van der Waals surface area contributed by atoms with Gasteiger partial charge in [0.1, 0.15) is 6.10 Å². The maximum Gasteiger partial charge on any atom is 0.311 e. The van der Waals surface area contributed by atoms with Crippen LogP contribution in [0.1, 0.15) is 72.6 Å². The summed E-state index contributed by atoms with van der Waals surface area (Å²) >= 11 is 0. The molecule has 4 heteroatoms. The maximum absolute atomic E-state index is 12.6. The Kier molecular flexibility index (Phi) is 5.19. The molecule has 0 bridgehead atoms. The van der Waals surface area contributed by atoms with Crippen molar-refractivity contribution in [1.82, 2.24) is 0 Å². The topological polar surface area (TPSA) is 52.6 Å². The third-order valence-corrected chi connectivity index (χ3v) is 8.49. The lowest BCUT2D eigenvalue weighted by atomic mass is 9.49. The largest absolute Gasteiger partial charge is 0.467 e. The highest BCUT2D eigenvalue weighted by Gasteiger charge is 2.59. The number of rotatable bonds is 4. The number of fused-ring (bicyclic) bond motifs is 5. The lowest BCUT2D eigenvalue weighted by Gasteiger charge is -2.56. The first-order valence-corrected chi connectivity index (χ1v) is 11.4. The molecule has 0 spiro atoms. The van der Waals surface area contributed by atoms with Crippen LogP contribution >= 0.6 is 0 Å². The maximum atomic E-state index is 12.6. The third-order valence-electron chi connectivity index (χ3n) is 8.49. The van der Waals surface area contributed by atoms with E-state index in [1.165, 1.54) is 0 Å². The van der Waals surface area contributed by atoms with Crippen molar-refractivity contribution in [2.75, 3.05) is 6.61 Å². The Bertz CT molecular complexity index is 730. The minimum Gasteiger partial charge on any atom is -0.467 e. The smallest absolute Gasteiger partial charge is 0.311 e. The second kappa shape index (κ2) is 7.28. The number of allylic oxidation sites excluding steroid dienone is 4. The van der Waals surface area contributed by atoms with Crippen molar-refractivity contribution in [3.8, 4) is 0 Å². The summed E-state index contributed by atoms with van der Waals surface area (Å²) in [6.07, 6.45) is 14.5. The van der Waals surface area contributed by atoms with Crippen molar-refractivity contribution in [3.05, 3.63) is 23.8 Å². The number of hydrogen-bond acceptors (Lipinski definition) is 4. The van der Waals surface area contributed by atoms with Gasteiger partial charge in [-0.3, -0.25) is 9.59 Å². The molecule has 4 rings (SSSR count). The lowest BCUT2D eigenvalue weighted by molar-refractivity contribution is -0.166. The zero-order valence-electron chi connectivity index (χ0n) is 18.4. The van der Waals surface area contributed by atoms with Gasteiger partial charge in [-0.05, 0) is 83.5 Å². The van der Waals surface area contributed by atoms with Gasteiger partial charge in [-0.25, -0.2) is 0 Å².